The summed E-state index contributed by atoms with van der Waals surface area (Å²) in [6.07, 6.45) is 0. The summed E-state index contributed by atoms with van der Waals surface area (Å²) in [7, 11) is 0. The van der Waals surface area contributed by atoms with E-state index in [0.29, 0.717) is 0 Å². The van der Waals surface area contributed by atoms with Gasteiger partial charge in [0.2, 0.25) is 0 Å². The van der Waals surface area contributed by atoms with Crippen LogP contribution >= 0.6 is 22.7 Å². The van der Waals surface area contributed by atoms with Gasteiger partial charge in [-0.15, -0.1) is 32.9 Å². The van der Waals surface area contributed by atoms with Gasteiger partial charge in [-0.2, -0.15) is 0 Å². The first kappa shape index (κ1) is 10.6. The van der Waals surface area contributed by atoms with Gasteiger partial charge in [0.05, 0.1) is 31.5 Å². The molecular weight excluding hydrogens is 288 g/mol. The first-order valence-electron chi connectivity index (χ1n) is 6.06. The van der Waals surface area contributed by atoms with Crippen LogP contribution in [0.3, 0.4) is 0 Å². The molecule has 0 fully saturated rings. The van der Waals surface area contributed by atoms with Crippen molar-refractivity contribution in [2.24, 2.45) is 0 Å². The molecule has 0 aliphatic rings. The Bertz CT molecular complexity index is 1020. The Balaban J connectivity index is 2.09. The minimum Gasteiger partial charge on any atom is -0.245 e. The number of nitrogens with zero attached hydrogens (tertiary/aromatic N) is 4. The lowest BCUT2D eigenvalue weighted by atomic mass is 10.1. The number of hydrogen-bond donors (Lipinski definition) is 0. The Kier molecular flexibility index (Phi) is 1.95. The van der Waals surface area contributed by atoms with Gasteiger partial charge in [-0.1, -0.05) is 0 Å². The molecule has 0 spiro atoms. The normalized spacial score (nSPS) is 12.0. The molecule has 0 bridgehead atoms. The van der Waals surface area contributed by atoms with Crippen LogP contribution in [0, 0.1) is 0 Å². The van der Waals surface area contributed by atoms with Crippen molar-refractivity contribution < 1.29 is 0 Å². The van der Waals surface area contributed by atoms with Crippen LogP contribution < -0.4 is 0 Å². The molecular formula is C14H6N4S2. The molecule has 20 heavy (non-hydrogen) atoms. The van der Waals surface area contributed by atoms with Gasteiger partial charge in [0.15, 0.2) is 0 Å². The van der Waals surface area contributed by atoms with Crippen molar-refractivity contribution in [3.05, 3.63) is 35.3 Å². The average Bonchev–Trinajstić information content (AvgIpc) is 3.14. The SMILES string of the molecule is c1nc2ccc3c4ccc5ncsc5c4nnc3c2s1. The molecule has 0 unspecified atom stereocenters. The lowest BCUT2D eigenvalue weighted by Crippen LogP contribution is -1.88. The van der Waals surface area contributed by atoms with E-state index in [0.717, 1.165) is 42.2 Å². The molecule has 0 aliphatic carbocycles. The topological polar surface area (TPSA) is 51.6 Å². The minimum atomic E-state index is 0.932. The molecule has 2 aromatic carbocycles. The predicted octanol–water partition coefficient (Wildman–Crippen LogP) is 4.00. The van der Waals surface area contributed by atoms with Crippen molar-refractivity contribution in [1.29, 1.82) is 0 Å². The van der Waals surface area contributed by atoms with Crippen LogP contribution in [0.25, 0.3) is 42.2 Å². The fraction of sp³-hybridized carbons (Fsp3) is 0. The van der Waals surface area contributed by atoms with Crippen LogP contribution in [0.15, 0.2) is 35.3 Å². The van der Waals surface area contributed by atoms with Crippen LogP contribution in [-0.2, 0) is 0 Å². The first-order chi connectivity index (χ1) is 9.92. The second-order valence-electron chi connectivity index (χ2n) is 4.52. The third-order valence-corrected chi connectivity index (χ3v) is 5.18. The second-order valence-corrected chi connectivity index (χ2v) is 6.23. The molecule has 94 valence electrons. The molecule has 0 amide bonds. The van der Waals surface area contributed by atoms with Crippen molar-refractivity contribution in [3.8, 4) is 0 Å². The highest BCUT2D eigenvalue weighted by Crippen LogP contribution is 2.33. The maximum Gasteiger partial charge on any atom is 0.113 e. The van der Waals surface area contributed by atoms with Gasteiger partial charge in [-0.25, -0.2) is 9.97 Å². The van der Waals surface area contributed by atoms with E-state index in [9.17, 15) is 0 Å². The van der Waals surface area contributed by atoms with E-state index >= 15 is 0 Å². The lowest BCUT2D eigenvalue weighted by Gasteiger charge is -2.03. The van der Waals surface area contributed by atoms with Crippen molar-refractivity contribution in [2.75, 3.05) is 0 Å². The molecule has 0 atom stereocenters. The van der Waals surface area contributed by atoms with Gasteiger partial charge in [-0.05, 0) is 24.3 Å². The molecule has 0 radical (unpaired) electrons. The van der Waals surface area contributed by atoms with Crippen LogP contribution in [0.1, 0.15) is 0 Å². The van der Waals surface area contributed by atoms with Crippen molar-refractivity contribution in [3.63, 3.8) is 0 Å². The van der Waals surface area contributed by atoms with Crippen LogP contribution in [0.4, 0.5) is 0 Å². The molecule has 0 saturated heterocycles. The molecule has 0 N–H and O–H groups in total. The minimum absolute atomic E-state index is 0.932. The number of thiazole rings is 2. The largest absolute Gasteiger partial charge is 0.245 e. The number of hydrogen-bond acceptors (Lipinski definition) is 6. The fourth-order valence-electron chi connectivity index (χ4n) is 2.56. The summed E-state index contributed by atoms with van der Waals surface area (Å²) in [6, 6.07) is 8.26. The zero-order valence-electron chi connectivity index (χ0n) is 10.1. The van der Waals surface area contributed by atoms with Gasteiger partial charge in [0, 0.05) is 10.8 Å². The zero-order valence-corrected chi connectivity index (χ0v) is 11.7. The summed E-state index contributed by atoms with van der Waals surface area (Å²) in [5.74, 6) is 0. The van der Waals surface area contributed by atoms with E-state index in [2.05, 4.69) is 32.3 Å². The predicted molar refractivity (Wildman–Crippen MR) is 83.4 cm³/mol. The van der Waals surface area contributed by atoms with Gasteiger partial charge >= 0.3 is 0 Å². The first-order valence-corrected chi connectivity index (χ1v) is 7.82. The van der Waals surface area contributed by atoms with Gasteiger partial charge < -0.3 is 0 Å². The Labute approximate surface area is 120 Å². The summed E-state index contributed by atoms with van der Waals surface area (Å²) in [5.41, 5.74) is 7.53. The fourth-order valence-corrected chi connectivity index (χ4v) is 4.11. The third-order valence-electron chi connectivity index (χ3n) is 3.49. The summed E-state index contributed by atoms with van der Waals surface area (Å²) in [6.45, 7) is 0. The molecule has 4 nitrogen and oxygen atoms in total. The molecule has 3 heterocycles. The van der Waals surface area contributed by atoms with E-state index in [1.807, 2.05) is 23.2 Å². The average molecular weight is 294 g/mol. The van der Waals surface area contributed by atoms with Crippen molar-refractivity contribution in [2.45, 2.75) is 0 Å². The van der Waals surface area contributed by atoms with E-state index in [-0.39, 0.29) is 0 Å². The standard InChI is InChI=1S/C14H6N4S2/c1-3-9-13(19-5-15-9)11-7(1)8-2-4-10-14(20-6-16-10)12(8)18-17-11/h1-6H. The highest BCUT2D eigenvalue weighted by Gasteiger charge is 2.11. The maximum absolute atomic E-state index is 4.44. The molecule has 0 saturated carbocycles. The van der Waals surface area contributed by atoms with Gasteiger partial charge in [0.25, 0.3) is 0 Å². The number of aromatic nitrogens is 4. The second kappa shape index (κ2) is 3.68. The summed E-state index contributed by atoms with van der Waals surface area (Å²) >= 11 is 3.21. The van der Waals surface area contributed by atoms with Crippen LogP contribution in [-0.4, -0.2) is 20.2 Å². The quantitative estimate of drug-likeness (QED) is 0.405. The third kappa shape index (κ3) is 1.25. The summed E-state index contributed by atoms with van der Waals surface area (Å²) in [5, 5.41) is 11.1. The Morgan fingerprint density at radius 3 is 1.65 bits per heavy atom. The highest BCUT2D eigenvalue weighted by atomic mass is 32.1. The van der Waals surface area contributed by atoms with Crippen LogP contribution in [0.5, 0.6) is 0 Å². The van der Waals surface area contributed by atoms with Crippen molar-refractivity contribution >= 4 is 64.9 Å². The molecule has 5 aromatic rings. The molecule has 6 heteroatoms. The number of fused-ring (bicyclic) bond motifs is 7. The number of rotatable bonds is 0. The zero-order chi connectivity index (χ0) is 13.1. The van der Waals surface area contributed by atoms with E-state index in [4.69, 9.17) is 0 Å². The summed E-state index contributed by atoms with van der Waals surface area (Å²) in [4.78, 5) is 8.67. The van der Waals surface area contributed by atoms with Gasteiger partial charge in [-0.3, -0.25) is 0 Å². The Morgan fingerprint density at radius 2 is 1.15 bits per heavy atom. The lowest BCUT2D eigenvalue weighted by molar-refractivity contribution is 1.13. The highest BCUT2D eigenvalue weighted by molar-refractivity contribution is 7.18. The maximum atomic E-state index is 4.44. The Morgan fingerprint density at radius 1 is 0.650 bits per heavy atom. The Hall–Kier alpha value is -2.18. The van der Waals surface area contributed by atoms with Gasteiger partial charge in [0.1, 0.15) is 11.0 Å². The molecule has 3 aromatic heterocycles. The van der Waals surface area contributed by atoms with Crippen molar-refractivity contribution in [1.82, 2.24) is 20.2 Å². The monoisotopic (exact) mass is 294 g/mol. The number of benzene rings is 2. The van der Waals surface area contributed by atoms with E-state index < -0.39 is 0 Å². The summed E-state index contributed by atoms with van der Waals surface area (Å²) < 4.78 is 2.20. The molecule has 0 aliphatic heterocycles. The van der Waals surface area contributed by atoms with E-state index in [1.165, 1.54) is 0 Å². The van der Waals surface area contributed by atoms with E-state index in [1.54, 1.807) is 22.7 Å². The smallest absolute Gasteiger partial charge is 0.113 e. The van der Waals surface area contributed by atoms with Crippen LogP contribution in [0.2, 0.25) is 0 Å². The molecule has 5 rings (SSSR count).